The molecule has 1 amide bonds. The Kier molecular flexibility index (Phi) is 6.57. The van der Waals surface area contributed by atoms with E-state index in [0.29, 0.717) is 12.1 Å². The molecule has 1 aliphatic heterocycles. The highest BCUT2D eigenvalue weighted by Gasteiger charge is 2.46. The normalized spacial score (nSPS) is 18.1. The highest BCUT2D eigenvalue weighted by atomic mass is 35.5. The van der Waals surface area contributed by atoms with Gasteiger partial charge in [-0.25, -0.2) is 0 Å². The van der Waals surface area contributed by atoms with Crippen LogP contribution >= 0.6 is 11.6 Å². The first-order valence-electron chi connectivity index (χ1n) is 9.72. The molecule has 1 saturated heterocycles. The Balaban J connectivity index is 2.23. The number of carbonyl (C=O) groups is 2. The molecule has 7 nitrogen and oxygen atoms in total. The van der Waals surface area contributed by atoms with Crippen LogP contribution in [0.2, 0.25) is 5.02 Å². The number of aryl methyl sites for hydroxylation is 1. The number of rotatable bonds is 6. The fourth-order valence-corrected chi connectivity index (χ4v) is 4.03. The van der Waals surface area contributed by atoms with Crippen molar-refractivity contribution in [3.63, 3.8) is 0 Å². The summed E-state index contributed by atoms with van der Waals surface area (Å²) in [6.45, 7) is 2.61. The van der Waals surface area contributed by atoms with Gasteiger partial charge in [-0.1, -0.05) is 23.7 Å². The highest BCUT2D eigenvalue weighted by Crippen LogP contribution is 2.42. The smallest absolute Gasteiger partial charge is 0.295 e. The number of halogens is 1. The van der Waals surface area contributed by atoms with Gasteiger partial charge in [-0.3, -0.25) is 9.59 Å². The zero-order valence-corrected chi connectivity index (χ0v) is 18.6. The summed E-state index contributed by atoms with van der Waals surface area (Å²) in [4.78, 5) is 29.3. The van der Waals surface area contributed by atoms with Crippen molar-refractivity contribution in [2.75, 3.05) is 34.3 Å². The number of ketones is 1. The molecule has 0 bridgehead atoms. The van der Waals surface area contributed by atoms with Gasteiger partial charge in [-0.15, -0.1) is 0 Å². The van der Waals surface area contributed by atoms with E-state index in [-0.39, 0.29) is 40.0 Å². The van der Waals surface area contributed by atoms with Crippen LogP contribution in [-0.2, 0) is 9.59 Å². The molecule has 1 atom stereocenters. The van der Waals surface area contributed by atoms with Crippen molar-refractivity contribution in [2.45, 2.75) is 13.0 Å². The number of ether oxygens (including phenoxy) is 1. The molecule has 164 valence electrons. The third kappa shape index (κ3) is 4.38. The van der Waals surface area contributed by atoms with E-state index in [2.05, 4.69) is 0 Å². The number of amides is 1. The molecule has 2 aromatic carbocycles. The molecular weight excluding hydrogens is 420 g/mol. The van der Waals surface area contributed by atoms with E-state index in [1.165, 1.54) is 24.1 Å². The van der Waals surface area contributed by atoms with Gasteiger partial charge in [0.25, 0.3) is 11.7 Å². The number of likely N-dealkylation sites (N-methyl/N-ethyl adjacent to an activating group) is 1. The quantitative estimate of drug-likeness (QED) is 0.403. The largest absolute Gasteiger partial charge is 0.508 e. The van der Waals surface area contributed by atoms with Crippen LogP contribution in [0.3, 0.4) is 0 Å². The summed E-state index contributed by atoms with van der Waals surface area (Å²) in [6, 6.07) is 8.73. The SMILES string of the molecule is COc1c(Cl)cc(C)cc1/C(O)=C1\C(=O)C(=O)N(CCN(C)C)C1c1ccc(O)cc1. The molecule has 8 heteroatoms. The van der Waals surface area contributed by atoms with Crippen molar-refractivity contribution in [3.05, 3.63) is 63.7 Å². The summed E-state index contributed by atoms with van der Waals surface area (Å²) >= 11 is 6.28. The fraction of sp³-hybridized carbons (Fsp3) is 0.304. The van der Waals surface area contributed by atoms with Crippen LogP contribution in [0.1, 0.15) is 22.7 Å². The van der Waals surface area contributed by atoms with Gasteiger partial charge < -0.3 is 24.7 Å². The van der Waals surface area contributed by atoms with Crippen LogP contribution in [0.15, 0.2) is 42.0 Å². The molecule has 2 aromatic rings. The Labute approximate surface area is 186 Å². The number of methoxy groups -OCH3 is 1. The number of carbonyl (C=O) groups excluding carboxylic acids is 2. The summed E-state index contributed by atoms with van der Waals surface area (Å²) in [6.07, 6.45) is 0. The molecule has 0 aromatic heterocycles. The number of hydrogen-bond acceptors (Lipinski definition) is 6. The molecule has 0 aliphatic carbocycles. The van der Waals surface area contributed by atoms with E-state index in [4.69, 9.17) is 16.3 Å². The van der Waals surface area contributed by atoms with Crippen molar-refractivity contribution in [1.29, 1.82) is 0 Å². The van der Waals surface area contributed by atoms with Crippen molar-refractivity contribution in [2.24, 2.45) is 0 Å². The maximum absolute atomic E-state index is 13.0. The molecule has 2 N–H and O–H groups in total. The van der Waals surface area contributed by atoms with Crippen LogP contribution in [0.4, 0.5) is 0 Å². The average molecular weight is 445 g/mol. The Hall–Kier alpha value is -3.03. The minimum atomic E-state index is -0.815. The second kappa shape index (κ2) is 8.99. The molecule has 1 unspecified atom stereocenters. The van der Waals surface area contributed by atoms with E-state index in [1.807, 2.05) is 19.0 Å². The minimum absolute atomic E-state index is 0.0468. The Morgan fingerprint density at radius 2 is 1.84 bits per heavy atom. The number of likely N-dealkylation sites (tertiary alicyclic amines) is 1. The second-order valence-corrected chi connectivity index (χ2v) is 8.12. The number of phenolic OH excluding ortho intramolecular Hbond substituents is 1. The van der Waals surface area contributed by atoms with Crippen molar-refractivity contribution in [3.8, 4) is 11.5 Å². The summed E-state index contributed by atoms with van der Waals surface area (Å²) in [5, 5.41) is 21.2. The van der Waals surface area contributed by atoms with Gasteiger partial charge in [0.1, 0.15) is 17.3 Å². The van der Waals surface area contributed by atoms with Crippen LogP contribution in [0, 0.1) is 6.92 Å². The third-order valence-electron chi connectivity index (χ3n) is 5.18. The minimum Gasteiger partial charge on any atom is -0.508 e. The zero-order valence-electron chi connectivity index (χ0n) is 17.8. The Morgan fingerprint density at radius 3 is 2.42 bits per heavy atom. The summed E-state index contributed by atoms with van der Waals surface area (Å²) in [5.41, 5.74) is 1.54. The maximum atomic E-state index is 13.0. The van der Waals surface area contributed by atoms with E-state index >= 15 is 0 Å². The lowest BCUT2D eigenvalue weighted by atomic mass is 9.94. The number of aromatic hydroxyl groups is 1. The predicted octanol–water partition coefficient (Wildman–Crippen LogP) is 3.35. The first kappa shape index (κ1) is 22.7. The van der Waals surface area contributed by atoms with Gasteiger partial charge in [0, 0.05) is 13.1 Å². The number of aliphatic hydroxyl groups excluding tert-OH is 1. The molecule has 1 fully saturated rings. The highest BCUT2D eigenvalue weighted by molar-refractivity contribution is 6.46. The predicted molar refractivity (Wildman–Crippen MR) is 118 cm³/mol. The number of phenols is 1. The monoisotopic (exact) mass is 444 g/mol. The van der Waals surface area contributed by atoms with Gasteiger partial charge in [0.15, 0.2) is 0 Å². The Bertz CT molecular complexity index is 1050. The van der Waals surface area contributed by atoms with Crippen LogP contribution in [0.5, 0.6) is 11.5 Å². The van der Waals surface area contributed by atoms with Crippen molar-refractivity contribution in [1.82, 2.24) is 9.80 Å². The molecule has 0 radical (unpaired) electrons. The molecule has 3 rings (SSSR count). The van der Waals surface area contributed by atoms with E-state index < -0.39 is 17.7 Å². The van der Waals surface area contributed by atoms with E-state index in [0.717, 1.165) is 5.56 Å². The number of nitrogens with zero attached hydrogens (tertiary/aromatic N) is 2. The third-order valence-corrected chi connectivity index (χ3v) is 5.46. The average Bonchev–Trinajstić information content (AvgIpc) is 2.96. The van der Waals surface area contributed by atoms with Gasteiger partial charge >= 0.3 is 0 Å². The van der Waals surface area contributed by atoms with Crippen molar-refractivity contribution < 1.29 is 24.5 Å². The van der Waals surface area contributed by atoms with Gasteiger partial charge in [0.2, 0.25) is 0 Å². The van der Waals surface area contributed by atoms with Crippen LogP contribution in [0.25, 0.3) is 5.76 Å². The first-order valence-corrected chi connectivity index (χ1v) is 10.1. The van der Waals surface area contributed by atoms with Crippen LogP contribution < -0.4 is 4.74 Å². The lowest BCUT2D eigenvalue weighted by Gasteiger charge is -2.26. The van der Waals surface area contributed by atoms with Gasteiger partial charge in [0.05, 0.1) is 29.3 Å². The number of Topliss-reactive ketones (excluding diaryl/α,β-unsaturated/α-hetero) is 1. The summed E-state index contributed by atoms with van der Waals surface area (Å²) < 4.78 is 5.36. The second-order valence-electron chi connectivity index (χ2n) is 7.71. The molecular formula is C23H25ClN2O5. The van der Waals surface area contributed by atoms with E-state index in [9.17, 15) is 19.8 Å². The van der Waals surface area contributed by atoms with Crippen LogP contribution in [-0.4, -0.2) is 66.0 Å². The fourth-order valence-electron chi connectivity index (χ4n) is 3.68. The van der Waals surface area contributed by atoms with Crippen molar-refractivity contribution >= 4 is 29.1 Å². The summed E-state index contributed by atoms with van der Waals surface area (Å²) in [7, 11) is 5.15. The number of aliphatic hydroxyl groups is 1. The zero-order chi connectivity index (χ0) is 22.9. The standard InChI is InChI=1S/C23H25ClN2O5/c1-13-11-16(22(31-4)17(24)12-13)20(28)18-19(14-5-7-15(27)8-6-14)26(10-9-25(2)3)23(30)21(18)29/h5-8,11-12,19,27-28H,9-10H2,1-4H3/b20-18+. The first-order chi connectivity index (χ1) is 14.6. The maximum Gasteiger partial charge on any atom is 0.295 e. The molecule has 0 saturated carbocycles. The number of hydrogen-bond donors (Lipinski definition) is 2. The molecule has 31 heavy (non-hydrogen) atoms. The molecule has 1 heterocycles. The number of benzene rings is 2. The van der Waals surface area contributed by atoms with Gasteiger partial charge in [-0.05, 0) is 56.4 Å². The van der Waals surface area contributed by atoms with Gasteiger partial charge in [-0.2, -0.15) is 0 Å². The molecule has 0 spiro atoms. The van der Waals surface area contributed by atoms with E-state index in [1.54, 1.807) is 31.2 Å². The Morgan fingerprint density at radius 1 is 1.19 bits per heavy atom. The molecule has 1 aliphatic rings. The lowest BCUT2D eigenvalue weighted by Crippen LogP contribution is -2.35. The summed E-state index contributed by atoms with van der Waals surface area (Å²) in [5.74, 6) is -1.56. The lowest BCUT2D eigenvalue weighted by molar-refractivity contribution is -0.140. The topological polar surface area (TPSA) is 90.3 Å².